The van der Waals surface area contributed by atoms with Crippen molar-refractivity contribution in [2.24, 2.45) is 11.3 Å². The van der Waals surface area contributed by atoms with Crippen LogP contribution in [0.3, 0.4) is 0 Å². The molecular formula is C19H30N4O. The summed E-state index contributed by atoms with van der Waals surface area (Å²) >= 11 is 0. The number of anilines is 1. The Bertz CT molecular complexity index is 543. The lowest BCUT2D eigenvalue weighted by molar-refractivity contribution is 0.0922. The second-order valence-corrected chi connectivity index (χ2v) is 7.82. The van der Waals surface area contributed by atoms with Crippen LogP contribution in [0.25, 0.3) is 0 Å². The van der Waals surface area contributed by atoms with E-state index in [0.29, 0.717) is 5.56 Å². The van der Waals surface area contributed by atoms with Gasteiger partial charge in [-0.1, -0.05) is 13.8 Å². The summed E-state index contributed by atoms with van der Waals surface area (Å²) in [6.07, 6.45) is 6.37. The van der Waals surface area contributed by atoms with Crippen LogP contribution in [0.2, 0.25) is 0 Å². The van der Waals surface area contributed by atoms with Gasteiger partial charge in [-0.05, 0) is 62.2 Å². The van der Waals surface area contributed by atoms with Crippen molar-refractivity contribution in [1.29, 1.82) is 0 Å². The molecule has 2 N–H and O–H groups in total. The number of nitrogens with one attached hydrogen (secondary N) is 2. The lowest BCUT2D eigenvalue weighted by Gasteiger charge is -2.34. The van der Waals surface area contributed by atoms with Gasteiger partial charge in [0.05, 0.1) is 5.56 Å². The standard InChI is InChI=1S/C19H30N4O/c1-15-5-11-23(12-6-15)17-4-3-16(13-21-17)18(24)22-14-19(2)7-9-20-10-8-19/h3-4,13,15,20H,5-12,14H2,1-2H3,(H,22,24). The first kappa shape index (κ1) is 17.2. The number of aromatic nitrogens is 1. The Labute approximate surface area is 145 Å². The third kappa shape index (κ3) is 4.26. The predicted octanol–water partition coefficient (Wildman–Crippen LogP) is 2.44. The molecule has 2 saturated heterocycles. The minimum atomic E-state index is -0.0129. The Morgan fingerprint density at radius 3 is 2.67 bits per heavy atom. The highest BCUT2D eigenvalue weighted by atomic mass is 16.1. The molecule has 5 heteroatoms. The van der Waals surface area contributed by atoms with Crippen molar-refractivity contribution < 1.29 is 4.79 Å². The average Bonchev–Trinajstić information content (AvgIpc) is 2.61. The van der Waals surface area contributed by atoms with Gasteiger partial charge in [0.25, 0.3) is 5.91 Å². The fourth-order valence-electron chi connectivity index (χ4n) is 3.55. The van der Waals surface area contributed by atoms with Gasteiger partial charge in [-0.3, -0.25) is 4.79 Å². The maximum Gasteiger partial charge on any atom is 0.252 e. The zero-order valence-electron chi connectivity index (χ0n) is 15.0. The molecule has 2 aliphatic heterocycles. The van der Waals surface area contributed by atoms with E-state index in [4.69, 9.17) is 0 Å². The second kappa shape index (κ2) is 7.51. The lowest BCUT2D eigenvalue weighted by atomic mass is 9.81. The third-order valence-electron chi connectivity index (χ3n) is 5.60. The van der Waals surface area contributed by atoms with Gasteiger partial charge in [0.15, 0.2) is 0 Å². The Morgan fingerprint density at radius 2 is 2.04 bits per heavy atom. The lowest BCUT2D eigenvalue weighted by Crippen LogP contribution is -2.42. The summed E-state index contributed by atoms with van der Waals surface area (Å²) in [5.74, 6) is 1.78. The molecule has 0 unspecified atom stereocenters. The zero-order valence-corrected chi connectivity index (χ0v) is 15.0. The second-order valence-electron chi connectivity index (χ2n) is 7.82. The smallest absolute Gasteiger partial charge is 0.252 e. The topological polar surface area (TPSA) is 57.3 Å². The maximum atomic E-state index is 12.4. The molecule has 0 spiro atoms. The predicted molar refractivity (Wildman–Crippen MR) is 97.4 cm³/mol. The Balaban J connectivity index is 1.54. The molecule has 0 aromatic carbocycles. The van der Waals surface area contributed by atoms with E-state index >= 15 is 0 Å². The number of piperidine rings is 2. The first-order valence-electron chi connectivity index (χ1n) is 9.26. The van der Waals surface area contributed by atoms with E-state index in [1.54, 1.807) is 6.20 Å². The summed E-state index contributed by atoms with van der Waals surface area (Å²) in [5.41, 5.74) is 0.861. The van der Waals surface area contributed by atoms with Crippen molar-refractivity contribution in [3.05, 3.63) is 23.9 Å². The molecular weight excluding hydrogens is 300 g/mol. The summed E-state index contributed by atoms with van der Waals surface area (Å²) in [6.45, 7) is 9.50. The van der Waals surface area contributed by atoms with Crippen LogP contribution in [-0.2, 0) is 0 Å². The summed E-state index contributed by atoms with van der Waals surface area (Å²) in [5, 5.41) is 6.47. The molecule has 5 nitrogen and oxygen atoms in total. The van der Waals surface area contributed by atoms with Crippen molar-refractivity contribution in [1.82, 2.24) is 15.6 Å². The highest BCUT2D eigenvalue weighted by molar-refractivity contribution is 5.94. The summed E-state index contributed by atoms with van der Waals surface area (Å²) in [4.78, 5) is 19.2. The van der Waals surface area contributed by atoms with Gasteiger partial charge in [-0.25, -0.2) is 4.98 Å². The minimum Gasteiger partial charge on any atom is -0.357 e. The van der Waals surface area contributed by atoms with E-state index in [1.165, 1.54) is 12.8 Å². The SMILES string of the molecule is CC1CCN(c2ccc(C(=O)NCC3(C)CCNCC3)cn2)CC1. The van der Waals surface area contributed by atoms with Gasteiger partial charge in [0.1, 0.15) is 5.82 Å². The van der Waals surface area contributed by atoms with E-state index < -0.39 is 0 Å². The van der Waals surface area contributed by atoms with Crippen molar-refractivity contribution in [2.45, 2.75) is 39.5 Å². The Hall–Kier alpha value is -1.62. The highest BCUT2D eigenvalue weighted by Gasteiger charge is 2.27. The number of pyridine rings is 1. The van der Waals surface area contributed by atoms with Gasteiger partial charge in [-0.2, -0.15) is 0 Å². The van der Waals surface area contributed by atoms with Crippen LogP contribution in [0.15, 0.2) is 18.3 Å². The average molecular weight is 330 g/mol. The van der Waals surface area contributed by atoms with Crippen LogP contribution in [-0.4, -0.2) is 43.6 Å². The molecule has 0 atom stereocenters. The molecule has 132 valence electrons. The fraction of sp³-hybridized carbons (Fsp3) is 0.684. The van der Waals surface area contributed by atoms with E-state index in [0.717, 1.165) is 57.3 Å². The van der Waals surface area contributed by atoms with Crippen LogP contribution >= 0.6 is 0 Å². The van der Waals surface area contributed by atoms with Crippen molar-refractivity contribution in [3.63, 3.8) is 0 Å². The molecule has 0 radical (unpaired) electrons. The van der Waals surface area contributed by atoms with Crippen molar-refractivity contribution in [3.8, 4) is 0 Å². The summed E-state index contributed by atoms with van der Waals surface area (Å²) < 4.78 is 0. The first-order valence-corrected chi connectivity index (χ1v) is 9.26. The Kier molecular flexibility index (Phi) is 5.39. The molecule has 2 aliphatic rings. The molecule has 24 heavy (non-hydrogen) atoms. The molecule has 2 fully saturated rings. The monoisotopic (exact) mass is 330 g/mol. The van der Waals surface area contributed by atoms with Crippen LogP contribution in [0.4, 0.5) is 5.82 Å². The first-order chi connectivity index (χ1) is 11.6. The van der Waals surface area contributed by atoms with Gasteiger partial charge < -0.3 is 15.5 Å². The normalized spacial score (nSPS) is 21.5. The van der Waals surface area contributed by atoms with Crippen molar-refractivity contribution in [2.75, 3.05) is 37.6 Å². The van der Waals surface area contributed by atoms with Gasteiger partial charge in [0.2, 0.25) is 0 Å². The maximum absolute atomic E-state index is 12.4. The fourth-order valence-corrected chi connectivity index (χ4v) is 3.55. The van der Waals surface area contributed by atoms with E-state index in [9.17, 15) is 4.79 Å². The van der Waals surface area contributed by atoms with E-state index in [1.807, 2.05) is 12.1 Å². The molecule has 0 aliphatic carbocycles. The highest BCUT2D eigenvalue weighted by Crippen LogP contribution is 2.27. The van der Waals surface area contributed by atoms with Crippen LogP contribution in [0.1, 0.15) is 49.9 Å². The quantitative estimate of drug-likeness (QED) is 0.890. The molecule has 3 heterocycles. The minimum absolute atomic E-state index is 0.0129. The molecule has 1 aromatic rings. The third-order valence-corrected chi connectivity index (χ3v) is 5.60. The zero-order chi connectivity index (χ0) is 17.0. The number of carbonyl (C=O) groups is 1. The molecule has 0 saturated carbocycles. The van der Waals surface area contributed by atoms with Gasteiger partial charge >= 0.3 is 0 Å². The molecule has 0 bridgehead atoms. The summed E-state index contributed by atoms with van der Waals surface area (Å²) in [7, 11) is 0. The molecule has 3 rings (SSSR count). The number of carbonyl (C=O) groups excluding carboxylic acids is 1. The van der Waals surface area contributed by atoms with Crippen LogP contribution in [0, 0.1) is 11.3 Å². The number of hydrogen-bond donors (Lipinski definition) is 2. The van der Waals surface area contributed by atoms with Crippen molar-refractivity contribution >= 4 is 11.7 Å². The Morgan fingerprint density at radius 1 is 1.33 bits per heavy atom. The number of rotatable bonds is 4. The van der Waals surface area contributed by atoms with E-state index in [2.05, 4.69) is 34.4 Å². The molecule has 1 aromatic heterocycles. The van der Waals surface area contributed by atoms with Gasteiger partial charge in [-0.15, -0.1) is 0 Å². The largest absolute Gasteiger partial charge is 0.357 e. The number of amides is 1. The number of nitrogens with zero attached hydrogens (tertiary/aromatic N) is 2. The number of hydrogen-bond acceptors (Lipinski definition) is 4. The van der Waals surface area contributed by atoms with E-state index in [-0.39, 0.29) is 11.3 Å². The molecule has 1 amide bonds. The van der Waals surface area contributed by atoms with Crippen LogP contribution in [0.5, 0.6) is 0 Å². The van der Waals surface area contributed by atoms with Crippen LogP contribution < -0.4 is 15.5 Å². The van der Waals surface area contributed by atoms with Gasteiger partial charge in [0, 0.05) is 25.8 Å². The summed E-state index contributed by atoms with van der Waals surface area (Å²) in [6, 6.07) is 3.89.